The number of nitrogens with one attached hydrogen (secondary N) is 1. The number of rotatable bonds is 7. The Hall–Kier alpha value is -2.78. The van der Waals surface area contributed by atoms with Gasteiger partial charge in [0.25, 0.3) is 0 Å². The molecule has 0 atom stereocenters. The van der Waals surface area contributed by atoms with Gasteiger partial charge in [-0.25, -0.2) is 22.7 Å². The number of benzene rings is 1. The molecule has 2 heterocycles. The van der Waals surface area contributed by atoms with Gasteiger partial charge in [0.1, 0.15) is 11.5 Å². The van der Waals surface area contributed by atoms with Crippen LogP contribution in [0.5, 0.6) is 0 Å². The predicted molar refractivity (Wildman–Crippen MR) is 99.1 cm³/mol. The van der Waals surface area contributed by atoms with Crippen LogP contribution in [0.2, 0.25) is 0 Å². The Morgan fingerprint density at radius 2 is 1.89 bits per heavy atom. The maximum absolute atomic E-state index is 12.5. The molecule has 0 aliphatic carbocycles. The van der Waals surface area contributed by atoms with Crippen LogP contribution in [-0.2, 0) is 21.2 Å². The Bertz CT molecular complexity index is 1030. The van der Waals surface area contributed by atoms with E-state index in [-0.39, 0.29) is 17.9 Å². The number of aliphatic carboxylic acids is 1. The summed E-state index contributed by atoms with van der Waals surface area (Å²) in [6.07, 6.45) is 2.13. The fourth-order valence-corrected chi connectivity index (χ4v) is 3.94. The van der Waals surface area contributed by atoms with Crippen molar-refractivity contribution in [3.63, 3.8) is 0 Å². The molecule has 3 rings (SSSR count). The van der Waals surface area contributed by atoms with Gasteiger partial charge in [0.15, 0.2) is 0 Å². The second-order valence-electron chi connectivity index (χ2n) is 6.25. The number of aromatic nitrogens is 3. The molecule has 0 amide bonds. The van der Waals surface area contributed by atoms with E-state index in [4.69, 9.17) is 5.11 Å². The van der Waals surface area contributed by atoms with Gasteiger partial charge in [0.2, 0.25) is 10.0 Å². The minimum atomic E-state index is -3.72. The van der Waals surface area contributed by atoms with E-state index in [9.17, 15) is 13.2 Å². The molecule has 0 aromatic heterocycles. The van der Waals surface area contributed by atoms with Crippen LogP contribution in [0.3, 0.4) is 0 Å². The van der Waals surface area contributed by atoms with Gasteiger partial charge in [-0.2, -0.15) is 0 Å². The van der Waals surface area contributed by atoms with Crippen molar-refractivity contribution in [2.24, 2.45) is 0 Å². The molecule has 0 fully saturated rings. The first-order chi connectivity index (χ1) is 12.8. The zero-order chi connectivity index (χ0) is 19.6. The molecular weight excluding hydrogens is 368 g/mol. The van der Waals surface area contributed by atoms with E-state index >= 15 is 0 Å². The lowest BCUT2D eigenvalue weighted by Gasteiger charge is -2.16. The van der Waals surface area contributed by atoms with Gasteiger partial charge >= 0.3 is 5.97 Å². The first-order valence-corrected chi connectivity index (χ1v) is 9.79. The van der Waals surface area contributed by atoms with Crippen LogP contribution in [0.25, 0.3) is 11.4 Å². The normalized spacial score (nSPS) is 12.0. The van der Waals surface area contributed by atoms with E-state index in [1.54, 1.807) is 12.1 Å². The summed E-state index contributed by atoms with van der Waals surface area (Å²) in [5.74, 6) is -0.333. The lowest BCUT2D eigenvalue weighted by atomic mass is 10.1. The van der Waals surface area contributed by atoms with Crippen molar-refractivity contribution in [1.29, 1.82) is 0 Å². The van der Waals surface area contributed by atoms with Gasteiger partial charge in [-0.3, -0.25) is 4.79 Å². The molecule has 0 unspecified atom stereocenters. The average Bonchev–Trinajstić information content (AvgIpc) is 3.01. The number of nitrogens with zero attached hydrogens (tertiary/aromatic N) is 3. The fraction of sp³-hybridized carbons (Fsp3) is 0.278. The number of imidazole rings is 1. The molecule has 0 saturated carbocycles. The topological polar surface area (TPSA) is 116 Å². The first kappa shape index (κ1) is 19.0. The van der Waals surface area contributed by atoms with Crippen LogP contribution in [0, 0.1) is 6.92 Å². The molecule has 9 heteroatoms. The molecule has 0 saturated heterocycles. The van der Waals surface area contributed by atoms with E-state index in [0.717, 1.165) is 27.0 Å². The van der Waals surface area contributed by atoms with Crippen molar-refractivity contribution >= 4 is 16.0 Å². The van der Waals surface area contributed by atoms with Crippen LogP contribution in [-0.4, -0.2) is 52.3 Å². The van der Waals surface area contributed by atoms with Gasteiger partial charge < -0.3 is 10.1 Å². The Labute approximate surface area is 157 Å². The molecule has 0 spiro atoms. The highest BCUT2D eigenvalue weighted by Gasteiger charge is 2.21. The van der Waals surface area contributed by atoms with Gasteiger partial charge in [0.05, 0.1) is 17.0 Å². The summed E-state index contributed by atoms with van der Waals surface area (Å²) < 4.78 is 26.0. The third-order valence-corrected chi connectivity index (χ3v) is 6.11. The molecule has 1 aromatic carbocycles. The van der Waals surface area contributed by atoms with Crippen molar-refractivity contribution in [1.82, 2.24) is 19.3 Å². The summed E-state index contributed by atoms with van der Waals surface area (Å²) in [7, 11) is -2.34. The minimum Gasteiger partial charge on any atom is -0.481 e. The monoisotopic (exact) mass is 388 g/mol. The van der Waals surface area contributed by atoms with Crippen molar-refractivity contribution in [2.75, 3.05) is 13.6 Å². The highest BCUT2D eigenvalue weighted by Crippen LogP contribution is 2.24. The molecule has 1 aromatic rings. The van der Waals surface area contributed by atoms with Crippen LogP contribution in [0.1, 0.15) is 23.5 Å². The lowest BCUT2D eigenvalue weighted by molar-refractivity contribution is -0.137. The Kier molecular flexibility index (Phi) is 5.24. The molecular formula is C18H20N4O4S. The summed E-state index contributed by atoms with van der Waals surface area (Å²) in [6.45, 7) is 1.76. The van der Waals surface area contributed by atoms with E-state index in [1.807, 2.05) is 19.2 Å². The number of carboxylic acid groups (broad SMARTS) is 1. The van der Waals surface area contributed by atoms with E-state index in [0.29, 0.717) is 12.2 Å². The number of hydrogen-bond acceptors (Lipinski definition) is 5. The van der Waals surface area contributed by atoms with Crippen LogP contribution < -0.4 is 0 Å². The number of carboxylic acids is 1. The molecule has 2 N–H and O–H groups in total. The first-order valence-electron chi connectivity index (χ1n) is 8.35. The summed E-state index contributed by atoms with van der Waals surface area (Å²) in [6, 6.07) is 8.41. The SMILES string of the molecule is Cc1nc2cc[nH]c(Cc3ccc(S(=O)(=O)N(C)CCC(=O)O)cc3)c-2n1. The van der Waals surface area contributed by atoms with E-state index in [2.05, 4.69) is 15.0 Å². The van der Waals surface area contributed by atoms with E-state index < -0.39 is 16.0 Å². The second kappa shape index (κ2) is 7.45. The van der Waals surface area contributed by atoms with Crippen molar-refractivity contribution in [3.05, 3.63) is 53.6 Å². The lowest BCUT2D eigenvalue weighted by Crippen LogP contribution is -2.29. The Balaban J connectivity index is 1.78. The third kappa shape index (κ3) is 4.15. The molecule has 8 nitrogen and oxygen atoms in total. The summed E-state index contributed by atoms with van der Waals surface area (Å²) in [5, 5.41) is 8.72. The van der Waals surface area contributed by atoms with Gasteiger partial charge in [-0.15, -0.1) is 0 Å². The maximum atomic E-state index is 12.5. The summed E-state index contributed by atoms with van der Waals surface area (Å²) >= 11 is 0. The number of carbonyl (C=O) groups is 1. The fourth-order valence-electron chi connectivity index (χ4n) is 2.77. The second-order valence-corrected chi connectivity index (χ2v) is 8.30. The standard InChI is InChI=1S/C18H20N4O4S/c1-12-20-15-7-9-19-16(18(15)21-12)11-13-3-5-14(6-4-13)27(25,26)22(2)10-8-17(23)24/h3-7,9,19H,8,10-11H2,1-2H3,(H,23,24). The number of pyridine rings is 1. The number of H-pyrrole nitrogens is 1. The largest absolute Gasteiger partial charge is 0.481 e. The Morgan fingerprint density at radius 1 is 1.19 bits per heavy atom. The quantitative estimate of drug-likeness (QED) is 0.639. The van der Waals surface area contributed by atoms with Crippen molar-refractivity contribution in [3.8, 4) is 11.4 Å². The molecule has 0 radical (unpaired) electrons. The van der Waals surface area contributed by atoms with Crippen LogP contribution in [0.15, 0.2) is 41.4 Å². The zero-order valence-electron chi connectivity index (χ0n) is 15.0. The third-order valence-electron chi connectivity index (χ3n) is 4.24. The van der Waals surface area contributed by atoms with Crippen LogP contribution >= 0.6 is 0 Å². The van der Waals surface area contributed by atoms with Gasteiger partial charge in [0, 0.05) is 31.9 Å². The average molecular weight is 388 g/mol. The molecule has 27 heavy (non-hydrogen) atoms. The highest BCUT2D eigenvalue weighted by atomic mass is 32.2. The number of fused-ring (bicyclic) bond motifs is 1. The van der Waals surface area contributed by atoms with Gasteiger partial charge in [-0.1, -0.05) is 12.1 Å². The maximum Gasteiger partial charge on any atom is 0.304 e. The molecule has 142 valence electrons. The van der Waals surface area contributed by atoms with Crippen molar-refractivity contribution in [2.45, 2.75) is 24.7 Å². The van der Waals surface area contributed by atoms with Crippen molar-refractivity contribution < 1.29 is 18.3 Å². The summed E-state index contributed by atoms with van der Waals surface area (Å²) in [5.41, 5.74) is 3.45. The Morgan fingerprint density at radius 3 is 2.56 bits per heavy atom. The van der Waals surface area contributed by atoms with E-state index in [1.165, 1.54) is 19.2 Å². The minimum absolute atomic E-state index is 0.0780. The smallest absolute Gasteiger partial charge is 0.304 e. The van der Waals surface area contributed by atoms with Gasteiger partial charge in [-0.05, 0) is 30.7 Å². The predicted octanol–water partition coefficient (Wildman–Crippen LogP) is 1.90. The highest BCUT2D eigenvalue weighted by molar-refractivity contribution is 7.89. The number of aryl methyl sites for hydroxylation is 1. The summed E-state index contributed by atoms with van der Waals surface area (Å²) in [4.78, 5) is 22.7. The molecule has 2 aliphatic heterocycles. The number of aromatic amines is 1. The molecule has 0 bridgehead atoms. The molecule has 2 aliphatic rings. The van der Waals surface area contributed by atoms with Crippen LogP contribution in [0.4, 0.5) is 0 Å². The zero-order valence-corrected chi connectivity index (χ0v) is 15.8. The number of sulfonamides is 1. The number of hydrogen-bond donors (Lipinski definition) is 2.